The molecule has 4 unspecified atom stereocenters. The van der Waals surface area contributed by atoms with E-state index in [1.165, 1.54) is 44.9 Å². The van der Waals surface area contributed by atoms with Crippen LogP contribution in [0, 0.1) is 0 Å². The minimum Gasteiger partial charge on any atom is -0.328 e. The molecular weight excluding hydrogens is 204 g/mol. The maximum absolute atomic E-state index is 5.94. The Morgan fingerprint density at radius 1 is 1.07 bits per heavy atom. The third kappa shape index (κ3) is 3.36. The van der Waals surface area contributed by atoms with E-state index in [0.717, 1.165) is 11.3 Å². The minimum absolute atomic E-state index is 0.461. The van der Waals surface area contributed by atoms with E-state index in [2.05, 4.69) is 11.6 Å². The van der Waals surface area contributed by atoms with Crippen molar-refractivity contribution in [3.05, 3.63) is 0 Å². The van der Waals surface area contributed by atoms with Gasteiger partial charge < -0.3 is 11.1 Å². The van der Waals surface area contributed by atoms with Crippen LogP contribution in [0.25, 0.3) is 0 Å². The predicted octanol–water partition coefficient (Wildman–Crippen LogP) is 2.13. The number of thioether (sulfide) groups is 1. The van der Waals surface area contributed by atoms with Crippen molar-refractivity contribution in [1.82, 2.24) is 5.32 Å². The Kier molecular flexibility index (Phi) is 4.35. The van der Waals surface area contributed by atoms with Crippen LogP contribution in [-0.4, -0.2) is 29.6 Å². The van der Waals surface area contributed by atoms with Crippen molar-refractivity contribution in [3.8, 4) is 0 Å². The molecule has 2 saturated carbocycles. The van der Waals surface area contributed by atoms with Gasteiger partial charge >= 0.3 is 0 Å². The standard InChI is InChI=1S/C12H24N2S/c1-15-12-4-2-3-10(8-12)14-11-6-5-9(13)7-11/h9-12,14H,2-8,13H2,1H3. The first-order valence-electron chi connectivity index (χ1n) is 6.32. The van der Waals surface area contributed by atoms with Crippen molar-refractivity contribution in [1.29, 1.82) is 0 Å². The topological polar surface area (TPSA) is 38.0 Å². The monoisotopic (exact) mass is 228 g/mol. The van der Waals surface area contributed by atoms with Crippen molar-refractivity contribution < 1.29 is 0 Å². The lowest BCUT2D eigenvalue weighted by atomic mass is 9.94. The Morgan fingerprint density at radius 3 is 2.53 bits per heavy atom. The average molecular weight is 228 g/mol. The first kappa shape index (κ1) is 11.7. The number of rotatable bonds is 3. The Bertz CT molecular complexity index is 198. The molecule has 0 aromatic heterocycles. The molecule has 3 heteroatoms. The fourth-order valence-corrected chi connectivity index (χ4v) is 3.84. The van der Waals surface area contributed by atoms with E-state index in [0.29, 0.717) is 12.1 Å². The molecule has 2 nitrogen and oxygen atoms in total. The number of hydrogen-bond donors (Lipinski definition) is 2. The summed E-state index contributed by atoms with van der Waals surface area (Å²) in [7, 11) is 0. The van der Waals surface area contributed by atoms with E-state index < -0.39 is 0 Å². The average Bonchev–Trinajstić information content (AvgIpc) is 2.64. The second-order valence-corrected chi connectivity index (χ2v) is 6.30. The third-order valence-corrected chi connectivity index (χ3v) is 5.00. The van der Waals surface area contributed by atoms with Crippen LogP contribution < -0.4 is 11.1 Å². The van der Waals surface area contributed by atoms with Crippen LogP contribution in [0.1, 0.15) is 44.9 Å². The number of nitrogens with two attached hydrogens (primary N) is 1. The molecule has 88 valence electrons. The van der Waals surface area contributed by atoms with Gasteiger partial charge in [0.1, 0.15) is 0 Å². The second-order valence-electron chi connectivity index (χ2n) is 5.16. The van der Waals surface area contributed by atoms with Gasteiger partial charge in [0.2, 0.25) is 0 Å². The van der Waals surface area contributed by atoms with Gasteiger partial charge in [-0.05, 0) is 44.8 Å². The Labute approximate surface area is 97.8 Å². The van der Waals surface area contributed by atoms with Gasteiger partial charge in [0.15, 0.2) is 0 Å². The zero-order chi connectivity index (χ0) is 10.7. The van der Waals surface area contributed by atoms with E-state index in [1.807, 2.05) is 11.8 Å². The van der Waals surface area contributed by atoms with E-state index >= 15 is 0 Å². The molecule has 0 amide bonds. The van der Waals surface area contributed by atoms with Crippen LogP contribution in [0.3, 0.4) is 0 Å². The van der Waals surface area contributed by atoms with Gasteiger partial charge in [-0.25, -0.2) is 0 Å². The maximum Gasteiger partial charge on any atom is 0.00849 e. The first-order valence-corrected chi connectivity index (χ1v) is 7.61. The fourth-order valence-electron chi connectivity index (χ4n) is 3.01. The lowest BCUT2D eigenvalue weighted by Gasteiger charge is -2.31. The quantitative estimate of drug-likeness (QED) is 0.777. The molecule has 3 N–H and O–H groups in total. The van der Waals surface area contributed by atoms with Crippen molar-refractivity contribution in [2.75, 3.05) is 6.26 Å². The molecule has 2 fully saturated rings. The smallest absolute Gasteiger partial charge is 0.00849 e. The van der Waals surface area contributed by atoms with Gasteiger partial charge in [-0.2, -0.15) is 11.8 Å². The highest BCUT2D eigenvalue weighted by Crippen LogP contribution is 2.28. The fraction of sp³-hybridized carbons (Fsp3) is 1.00. The van der Waals surface area contributed by atoms with Crippen LogP contribution >= 0.6 is 11.8 Å². The SMILES string of the molecule is CSC1CCCC(NC2CCC(N)C2)C1. The van der Waals surface area contributed by atoms with Gasteiger partial charge in [-0.15, -0.1) is 0 Å². The normalized spacial score (nSPS) is 42.0. The van der Waals surface area contributed by atoms with Crippen LogP contribution in [0.15, 0.2) is 0 Å². The highest BCUT2D eigenvalue weighted by Gasteiger charge is 2.27. The van der Waals surface area contributed by atoms with Crippen molar-refractivity contribution in [2.24, 2.45) is 5.73 Å². The summed E-state index contributed by atoms with van der Waals surface area (Å²) in [6.45, 7) is 0. The molecule has 2 aliphatic rings. The lowest BCUT2D eigenvalue weighted by molar-refractivity contribution is 0.341. The second kappa shape index (κ2) is 5.55. The van der Waals surface area contributed by atoms with E-state index in [9.17, 15) is 0 Å². The van der Waals surface area contributed by atoms with Crippen molar-refractivity contribution >= 4 is 11.8 Å². The molecule has 0 aromatic carbocycles. The maximum atomic E-state index is 5.94. The summed E-state index contributed by atoms with van der Waals surface area (Å²) in [6.07, 6.45) is 11.5. The molecule has 0 saturated heterocycles. The van der Waals surface area contributed by atoms with Crippen LogP contribution in [0.2, 0.25) is 0 Å². The summed E-state index contributed by atoms with van der Waals surface area (Å²) < 4.78 is 0. The van der Waals surface area contributed by atoms with Crippen molar-refractivity contribution in [2.45, 2.75) is 68.3 Å². The molecular formula is C12H24N2S. The molecule has 0 bridgehead atoms. The summed E-state index contributed by atoms with van der Waals surface area (Å²) in [5, 5.41) is 4.71. The molecule has 0 radical (unpaired) electrons. The Balaban J connectivity index is 1.74. The summed E-state index contributed by atoms with van der Waals surface area (Å²) in [5.74, 6) is 0. The zero-order valence-corrected chi connectivity index (χ0v) is 10.6. The summed E-state index contributed by atoms with van der Waals surface area (Å²) >= 11 is 2.04. The molecule has 0 aromatic rings. The van der Waals surface area contributed by atoms with Gasteiger partial charge in [-0.1, -0.05) is 6.42 Å². The zero-order valence-electron chi connectivity index (χ0n) is 9.74. The third-order valence-electron chi connectivity index (χ3n) is 3.90. The van der Waals surface area contributed by atoms with Gasteiger partial charge in [0.25, 0.3) is 0 Å². The summed E-state index contributed by atoms with van der Waals surface area (Å²) in [5.41, 5.74) is 5.94. The molecule has 0 aliphatic heterocycles. The van der Waals surface area contributed by atoms with E-state index in [1.54, 1.807) is 0 Å². The predicted molar refractivity (Wildman–Crippen MR) is 68.3 cm³/mol. The van der Waals surface area contributed by atoms with Gasteiger partial charge in [-0.3, -0.25) is 0 Å². The molecule has 15 heavy (non-hydrogen) atoms. The Hall–Kier alpha value is 0.270. The largest absolute Gasteiger partial charge is 0.328 e. The molecule has 4 atom stereocenters. The first-order chi connectivity index (χ1) is 7.28. The number of hydrogen-bond acceptors (Lipinski definition) is 3. The Morgan fingerprint density at radius 2 is 1.87 bits per heavy atom. The number of nitrogens with one attached hydrogen (secondary N) is 1. The molecule has 2 aliphatic carbocycles. The van der Waals surface area contributed by atoms with Crippen molar-refractivity contribution in [3.63, 3.8) is 0 Å². The molecule has 2 rings (SSSR count). The van der Waals surface area contributed by atoms with Gasteiger partial charge in [0, 0.05) is 23.4 Å². The van der Waals surface area contributed by atoms with Crippen LogP contribution in [0.4, 0.5) is 0 Å². The summed E-state index contributed by atoms with van der Waals surface area (Å²) in [6, 6.07) is 1.94. The highest BCUT2D eigenvalue weighted by atomic mass is 32.2. The van der Waals surface area contributed by atoms with Gasteiger partial charge in [0.05, 0.1) is 0 Å². The van der Waals surface area contributed by atoms with E-state index in [-0.39, 0.29) is 0 Å². The van der Waals surface area contributed by atoms with Crippen LogP contribution in [0.5, 0.6) is 0 Å². The lowest BCUT2D eigenvalue weighted by Crippen LogP contribution is -2.41. The highest BCUT2D eigenvalue weighted by molar-refractivity contribution is 7.99. The molecule has 0 spiro atoms. The van der Waals surface area contributed by atoms with Crippen LogP contribution in [-0.2, 0) is 0 Å². The molecule has 0 heterocycles. The van der Waals surface area contributed by atoms with E-state index in [4.69, 9.17) is 5.73 Å². The minimum atomic E-state index is 0.461. The summed E-state index contributed by atoms with van der Waals surface area (Å²) in [4.78, 5) is 0.